The maximum atomic E-state index is 11.7. The van der Waals surface area contributed by atoms with Crippen molar-refractivity contribution in [1.29, 1.82) is 0 Å². The lowest BCUT2D eigenvalue weighted by atomic mass is 10.2. The Morgan fingerprint density at radius 2 is 2.05 bits per heavy atom. The van der Waals surface area contributed by atoms with E-state index in [-0.39, 0.29) is 6.09 Å². The zero-order valence-electron chi connectivity index (χ0n) is 12.5. The fourth-order valence-electron chi connectivity index (χ4n) is 2.62. The van der Waals surface area contributed by atoms with Gasteiger partial charge in [0, 0.05) is 37.9 Å². The molecule has 1 aromatic heterocycles. The number of ether oxygens (including phenoxy) is 1. The van der Waals surface area contributed by atoms with E-state index in [9.17, 15) is 4.79 Å². The summed E-state index contributed by atoms with van der Waals surface area (Å²) >= 11 is 0. The maximum absolute atomic E-state index is 11.7. The lowest BCUT2D eigenvalue weighted by molar-refractivity contribution is 0.105. The van der Waals surface area contributed by atoms with Crippen molar-refractivity contribution in [2.75, 3.05) is 37.7 Å². The maximum Gasteiger partial charge on any atom is 0.409 e. The Labute approximate surface area is 125 Å². The van der Waals surface area contributed by atoms with Crippen LogP contribution in [0.5, 0.6) is 0 Å². The Bertz CT molecular complexity index is 496. The minimum atomic E-state index is -0.214. The van der Waals surface area contributed by atoms with Gasteiger partial charge in [0.1, 0.15) is 12.1 Å². The van der Waals surface area contributed by atoms with Crippen molar-refractivity contribution in [3.8, 4) is 0 Å². The van der Waals surface area contributed by atoms with Gasteiger partial charge in [-0.1, -0.05) is 0 Å². The standard InChI is InChI=1S/C15H22N4O2/c1-2-21-15(20)19-7-5-18(6-8-19)14-10-13(16-11-17-14)9-12-3-4-12/h10-12H,2-9H2,1H3. The van der Waals surface area contributed by atoms with Crippen molar-refractivity contribution in [3.05, 3.63) is 18.1 Å². The van der Waals surface area contributed by atoms with Crippen LogP contribution in [-0.4, -0.2) is 53.7 Å². The summed E-state index contributed by atoms with van der Waals surface area (Å²) in [5.41, 5.74) is 1.13. The van der Waals surface area contributed by atoms with Crippen LogP contribution in [0, 0.1) is 5.92 Å². The SMILES string of the molecule is CCOC(=O)N1CCN(c2cc(CC3CC3)ncn2)CC1. The van der Waals surface area contributed by atoms with Gasteiger partial charge < -0.3 is 14.5 Å². The number of hydrogen-bond donors (Lipinski definition) is 0. The summed E-state index contributed by atoms with van der Waals surface area (Å²) in [4.78, 5) is 24.4. The van der Waals surface area contributed by atoms with Gasteiger partial charge in [-0.15, -0.1) is 0 Å². The summed E-state index contributed by atoms with van der Waals surface area (Å²) < 4.78 is 5.03. The molecule has 1 aliphatic carbocycles. The Morgan fingerprint density at radius 3 is 2.71 bits per heavy atom. The monoisotopic (exact) mass is 290 g/mol. The quantitative estimate of drug-likeness (QED) is 0.845. The normalized spacial score (nSPS) is 18.7. The largest absolute Gasteiger partial charge is 0.450 e. The molecule has 0 N–H and O–H groups in total. The number of aromatic nitrogens is 2. The molecule has 2 aliphatic rings. The molecule has 6 heteroatoms. The molecule has 21 heavy (non-hydrogen) atoms. The predicted molar refractivity (Wildman–Crippen MR) is 79.3 cm³/mol. The van der Waals surface area contributed by atoms with Gasteiger partial charge in [-0.25, -0.2) is 14.8 Å². The summed E-state index contributed by atoms with van der Waals surface area (Å²) in [5, 5.41) is 0. The number of anilines is 1. The van der Waals surface area contributed by atoms with Crippen LogP contribution in [0.25, 0.3) is 0 Å². The first kappa shape index (κ1) is 14.1. The van der Waals surface area contributed by atoms with Crippen LogP contribution in [-0.2, 0) is 11.2 Å². The van der Waals surface area contributed by atoms with Gasteiger partial charge in [-0.3, -0.25) is 0 Å². The molecule has 2 fully saturated rings. The number of carbonyl (C=O) groups is 1. The molecule has 2 heterocycles. The highest BCUT2D eigenvalue weighted by molar-refractivity contribution is 5.68. The fraction of sp³-hybridized carbons (Fsp3) is 0.667. The zero-order valence-corrected chi connectivity index (χ0v) is 12.5. The van der Waals surface area contributed by atoms with E-state index in [1.807, 2.05) is 6.92 Å². The van der Waals surface area contributed by atoms with Crippen molar-refractivity contribution >= 4 is 11.9 Å². The van der Waals surface area contributed by atoms with Gasteiger partial charge in [0.2, 0.25) is 0 Å². The fourth-order valence-corrected chi connectivity index (χ4v) is 2.62. The number of amides is 1. The lowest BCUT2D eigenvalue weighted by Crippen LogP contribution is -2.49. The van der Waals surface area contributed by atoms with E-state index in [1.54, 1.807) is 11.2 Å². The summed E-state index contributed by atoms with van der Waals surface area (Å²) in [6.45, 7) is 5.20. The van der Waals surface area contributed by atoms with Gasteiger partial charge in [0.25, 0.3) is 0 Å². The molecule has 1 aliphatic heterocycles. The number of nitrogens with zero attached hydrogens (tertiary/aromatic N) is 4. The van der Waals surface area contributed by atoms with Gasteiger partial charge >= 0.3 is 6.09 Å². The third kappa shape index (κ3) is 3.62. The Balaban J connectivity index is 1.57. The molecule has 0 spiro atoms. The lowest BCUT2D eigenvalue weighted by Gasteiger charge is -2.34. The average molecular weight is 290 g/mol. The third-order valence-electron chi connectivity index (χ3n) is 4.03. The molecule has 0 unspecified atom stereocenters. The zero-order chi connectivity index (χ0) is 14.7. The van der Waals surface area contributed by atoms with Crippen LogP contribution < -0.4 is 4.90 Å². The van der Waals surface area contributed by atoms with Gasteiger partial charge in [0.15, 0.2) is 0 Å². The van der Waals surface area contributed by atoms with Crippen molar-refractivity contribution in [2.45, 2.75) is 26.2 Å². The van der Waals surface area contributed by atoms with E-state index in [4.69, 9.17) is 4.74 Å². The van der Waals surface area contributed by atoms with E-state index >= 15 is 0 Å². The van der Waals surface area contributed by atoms with Crippen molar-refractivity contribution in [2.24, 2.45) is 5.92 Å². The Hall–Kier alpha value is -1.85. The van der Waals surface area contributed by atoms with Crippen LogP contribution >= 0.6 is 0 Å². The molecule has 0 radical (unpaired) electrons. The molecule has 1 aromatic rings. The molecule has 1 saturated carbocycles. The van der Waals surface area contributed by atoms with Crippen LogP contribution in [0.2, 0.25) is 0 Å². The molecule has 0 atom stereocenters. The van der Waals surface area contributed by atoms with E-state index in [0.717, 1.165) is 36.9 Å². The molecule has 1 amide bonds. The predicted octanol–water partition coefficient (Wildman–Crippen LogP) is 1.71. The molecule has 0 aromatic carbocycles. The second-order valence-corrected chi connectivity index (χ2v) is 5.69. The van der Waals surface area contributed by atoms with Crippen molar-refractivity contribution in [3.63, 3.8) is 0 Å². The first-order valence-corrected chi connectivity index (χ1v) is 7.74. The average Bonchev–Trinajstić information content (AvgIpc) is 3.32. The molecular formula is C15H22N4O2. The second kappa shape index (κ2) is 6.28. The highest BCUT2D eigenvalue weighted by Crippen LogP contribution is 2.32. The summed E-state index contributed by atoms with van der Waals surface area (Å²) in [6.07, 6.45) is 5.17. The van der Waals surface area contributed by atoms with Crippen LogP contribution in [0.4, 0.5) is 10.6 Å². The summed E-state index contributed by atoms with van der Waals surface area (Å²) in [6, 6.07) is 2.10. The molecule has 114 valence electrons. The molecule has 6 nitrogen and oxygen atoms in total. The smallest absolute Gasteiger partial charge is 0.409 e. The molecule has 3 rings (SSSR count). The summed E-state index contributed by atoms with van der Waals surface area (Å²) in [5.74, 6) is 1.80. The molecule has 1 saturated heterocycles. The van der Waals surface area contributed by atoms with Crippen LogP contribution in [0.15, 0.2) is 12.4 Å². The van der Waals surface area contributed by atoms with Crippen molar-refractivity contribution in [1.82, 2.24) is 14.9 Å². The van der Waals surface area contributed by atoms with Gasteiger partial charge in [-0.05, 0) is 32.1 Å². The van der Waals surface area contributed by atoms with Crippen LogP contribution in [0.3, 0.4) is 0 Å². The first-order valence-electron chi connectivity index (χ1n) is 7.74. The van der Waals surface area contributed by atoms with E-state index in [0.29, 0.717) is 19.7 Å². The second-order valence-electron chi connectivity index (χ2n) is 5.69. The first-order chi connectivity index (χ1) is 10.3. The number of carbonyl (C=O) groups excluding carboxylic acids is 1. The number of piperazine rings is 1. The van der Waals surface area contributed by atoms with E-state index in [2.05, 4.69) is 20.9 Å². The molecular weight excluding hydrogens is 268 g/mol. The Kier molecular flexibility index (Phi) is 4.22. The van der Waals surface area contributed by atoms with Crippen LogP contribution in [0.1, 0.15) is 25.5 Å². The third-order valence-corrected chi connectivity index (χ3v) is 4.03. The minimum Gasteiger partial charge on any atom is -0.450 e. The van der Waals surface area contributed by atoms with Gasteiger partial charge in [-0.2, -0.15) is 0 Å². The van der Waals surface area contributed by atoms with E-state index in [1.165, 1.54) is 12.8 Å². The number of hydrogen-bond acceptors (Lipinski definition) is 5. The van der Waals surface area contributed by atoms with Gasteiger partial charge in [0.05, 0.1) is 6.61 Å². The minimum absolute atomic E-state index is 0.214. The highest BCUT2D eigenvalue weighted by atomic mass is 16.6. The van der Waals surface area contributed by atoms with Crippen molar-refractivity contribution < 1.29 is 9.53 Å². The topological polar surface area (TPSA) is 58.6 Å². The molecule has 0 bridgehead atoms. The number of rotatable bonds is 4. The van der Waals surface area contributed by atoms with E-state index < -0.39 is 0 Å². The summed E-state index contributed by atoms with van der Waals surface area (Å²) in [7, 11) is 0. The Morgan fingerprint density at radius 1 is 1.29 bits per heavy atom. The highest BCUT2D eigenvalue weighted by Gasteiger charge is 2.24.